The van der Waals surface area contributed by atoms with Crippen LogP contribution in [0.25, 0.3) is 0 Å². The number of alkyl halides is 3. The fourth-order valence-electron chi connectivity index (χ4n) is 1.58. The SMILES string of the molecule is O=C(SCCC(F)CCCC(F)F)c1ccccc1. The minimum atomic E-state index is -2.36. The molecule has 106 valence electrons. The Hall–Kier alpha value is -0.970. The lowest BCUT2D eigenvalue weighted by molar-refractivity contribution is 0.108. The van der Waals surface area contributed by atoms with Gasteiger partial charge in [0.1, 0.15) is 6.17 Å². The van der Waals surface area contributed by atoms with Gasteiger partial charge in [0.15, 0.2) is 0 Å². The molecule has 0 spiro atoms. The van der Waals surface area contributed by atoms with E-state index in [-0.39, 0.29) is 30.8 Å². The fraction of sp³-hybridized carbons (Fsp3) is 0.500. The van der Waals surface area contributed by atoms with E-state index >= 15 is 0 Å². The van der Waals surface area contributed by atoms with Crippen LogP contribution in [0.5, 0.6) is 0 Å². The van der Waals surface area contributed by atoms with E-state index in [2.05, 4.69) is 0 Å². The second kappa shape index (κ2) is 9.02. The molecule has 0 fully saturated rings. The van der Waals surface area contributed by atoms with Gasteiger partial charge in [0, 0.05) is 17.7 Å². The van der Waals surface area contributed by atoms with Gasteiger partial charge in [-0.1, -0.05) is 42.1 Å². The number of benzene rings is 1. The number of hydrogen-bond donors (Lipinski definition) is 0. The Morgan fingerprint density at radius 1 is 1.05 bits per heavy atom. The number of carbonyl (C=O) groups excluding carboxylic acids is 1. The van der Waals surface area contributed by atoms with E-state index in [1.54, 1.807) is 24.3 Å². The van der Waals surface area contributed by atoms with Crippen molar-refractivity contribution in [2.75, 3.05) is 5.75 Å². The maximum atomic E-state index is 13.3. The monoisotopic (exact) mass is 290 g/mol. The highest BCUT2D eigenvalue weighted by Crippen LogP contribution is 2.17. The second-order valence-corrected chi connectivity index (χ2v) is 5.28. The summed E-state index contributed by atoms with van der Waals surface area (Å²) >= 11 is 1.07. The molecule has 0 aliphatic carbocycles. The molecule has 1 unspecified atom stereocenters. The highest BCUT2D eigenvalue weighted by atomic mass is 32.2. The third kappa shape index (κ3) is 7.25. The molecule has 1 rings (SSSR count). The smallest absolute Gasteiger partial charge is 0.238 e. The minimum absolute atomic E-state index is 0.0830. The lowest BCUT2D eigenvalue weighted by Crippen LogP contribution is -2.04. The lowest BCUT2D eigenvalue weighted by Gasteiger charge is -2.07. The molecule has 0 aliphatic rings. The van der Waals surface area contributed by atoms with Crippen LogP contribution < -0.4 is 0 Å². The molecule has 0 N–H and O–H groups in total. The van der Waals surface area contributed by atoms with Crippen molar-refractivity contribution in [2.45, 2.75) is 38.3 Å². The van der Waals surface area contributed by atoms with Crippen molar-refractivity contribution in [3.8, 4) is 0 Å². The van der Waals surface area contributed by atoms with Crippen molar-refractivity contribution < 1.29 is 18.0 Å². The molecule has 0 amide bonds. The normalized spacial score (nSPS) is 12.6. The Morgan fingerprint density at radius 3 is 2.37 bits per heavy atom. The van der Waals surface area contributed by atoms with E-state index in [1.807, 2.05) is 6.07 Å². The van der Waals surface area contributed by atoms with Gasteiger partial charge in [0.05, 0.1) is 0 Å². The van der Waals surface area contributed by atoms with Gasteiger partial charge in [-0.3, -0.25) is 4.79 Å². The van der Waals surface area contributed by atoms with Crippen LogP contribution in [0.2, 0.25) is 0 Å². The summed E-state index contributed by atoms with van der Waals surface area (Å²) in [4.78, 5) is 11.7. The zero-order valence-corrected chi connectivity index (χ0v) is 11.3. The van der Waals surface area contributed by atoms with Crippen molar-refractivity contribution in [1.29, 1.82) is 0 Å². The molecule has 5 heteroatoms. The number of rotatable bonds is 8. The molecular formula is C14H17F3OS. The second-order valence-electron chi connectivity index (χ2n) is 4.21. The average Bonchev–Trinajstić information content (AvgIpc) is 2.39. The molecule has 1 aromatic carbocycles. The van der Waals surface area contributed by atoms with Crippen molar-refractivity contribution in [3.63, 3.8) is 0 Å². The largest absolute Gasteiger partial charge is 0.282 e. The van der Waals surface area contributed by atoms with Crippen LogP contribution in [0.15, 0.2) is 30.3 Å². The van der Waals surface area contributed by atoms with Gasteiger partial charge < -0.3 is 0 Å². The van der Waals surface area contributed by atoms with E-state index < -0.39 is 12.6 Å². The van der Waals surface area contributed by atoms with Crippen LogP contribution in [-0.4, -0.2) is 23.5 Å². The van der Waals surface area contributed by atoms with Crippen LogP contribution in [0.3, 0.4) is 0 Å². The lowest BCUT2D eigenvalue weighted by atomic mass is 10.1. The van der Waals surface area contributed by atoms with Gasteiger partial charge in [0.25, 0.3) is 0 Å². The number of thioether (sulfide) groups is 1. The van der Waals surface area contributed by atoms with Crippen molar-refractivity contribution in [1.82, 2.24) is 0 Å². The molecular weight excluding hydrogens is 273 g/mol. The van der Waals surface area contributed by atoms with E-state index in [4.69, 9.17) is 0 Å². The minimum Gasteiger partial charge on any atom is -0.282 e. The molecule has 0 saturated heterocycles. The zero-order chi connectivity index (χ0) is 14.1. The van der Waals surface area contributed by atoms with E-state index in [0.717, 1.165) is 11.8 Å². The van der Waals surface area contributed by atoms with Crippen molar-refractivity contribution >= 4 is 16.9 Å². The van der Waals surface area contributed by atoms with Crippen molar-refractivity contribution in [2.24, 2.45) is 0 Å². The summed E-state index contributed by atoms with van der Waals surface area (Å²) in [6.07, 6.45) is -3.15. The fourth-order valence-corrected chi connectivity index (χ4v) is 2.44. The topological polar surface area (TPSA) is 17.1 Å². The first-order valence-corrected chi connectivity index (χ1v) is 7.22. The maximum absolute atomic E-state index is 13.3. The summed E-state index contributed by atoms with van der Waals surface area (Å²) in [5.41, 5.74) is 0.598. The summed E-state index contributed by atoms with van der Waals surface area (Å²) in [5, 5.41) is -0.0830. The quantitative estimate of drug-likeness (QED) is 0.689. The Labute approximate surface area is 115 Å². The van der Waals surface area contributed by atoms with Gasteiger partial charge in [-0.05, 0) is 19.3 Å². The summed E-state index contributed by atoms with van der Waals surface area (Å²) in [7, 11) is 0. The Morgan fingerprint density at radius 2 is 1.74 bits per heavy atom. The standard InChI is InChI=1S/C14H17F3OS/c15-12(7-4-8-13(16)17)9-10-19-14(18)11-5-2-1-3-6-11/h1-3,5-6,12-13H,4,7-10H2. The highest BCUT2D eigenvalue weighted by molar-refractivity contribution is 8.14. The van der Waals surface area contributed by atoms with Crippen LogP contribution in [-0.2, 0) is 0 Å². The van der Waals surface area contributed by atoms with Crippen LogP contribution in [0, 0.1) is 0 Å². The molecule has 1 nitrogen and oxygen atoms in total. The number of carbonyl (C=O) groups is 1. The van der Waals surface area contributed by atoms with Gasteiger partial charge in [-0.2, -0.15) is 0 Å². The van der Waals surface area contributed by atoms with Gasteiger partial charge in [0.2, 0.25) is 11.5 Å². The van der Waals surface area contributed by atoms with Crippen LogP contribution in [0.1, 0.15) is 36.0 Å². The first-order chi connectivity index (χ1) is 9.09. The zero-order valence-electron chi connectivity index (χ0n) is 10.5. The summed E-state index contributed by atoms with van der Waals surface area (Å²) in [6.45, 7) is 0. The molecule has 0 radical (unpaired) electrons. The van der Waals surface area contributed by atoms with Crippen LogP contribution in [0.4, 0.5) is 13.2 Å². The van der Waals surface area contributed by atoms with E-state index in [1.165, 1.54) is 0 Å². The molecule has 1 aromatic rings. The molecule has 0 saturated carbocycles. The van der Waals surface area contributed by atoms with Gasteiger partial charge in [-0.25, -0.2) is 13.2 Å². The average molecular weight is 290 g/mol. The third-order valence-electron chi connectivity index (χ3n) is 2.61. The molecule has 19 heavy (non-hydrogen) atoms. The van der Waals surface area contributed by atoms with Gasteiger partial charge >= 0.3 is 0 Å². The maximum Gasteiger partial charge on any atom is 0.238 e. The Bertz CT molecular complexity index is 370. The molecule has 1 atom stereocenters. The first-order valence-electron chi connectivity index (χ1n) is 6.24. The molecule has 0 heterocycles. The highest BCUT2D eigenvalue weighted by Gasteiger charge is 2.11. The predicted octanol–water partition coefficient (Wildman–Crippen LogP) is 4.72. The summed E-state index contributed by atoms with van der Waals surface area (Å²) in [6, 6.07) is 8.80. The number of halogens is 3. The van der Waals surface area contributed by atoms with Crippen LogP contribution >= 0.6 is 11.8 Å². The molecule has 0 aromatic heterocycles. The third-order valence-corrected chi connectivity index (χ3v) is 3.55. The van der Waals surface area contributed by atoms with Crippen molar-refractivity contribution in [3.05, 3.63) is 35.9 Å². The Balaban J connectivity index is 2.14. The Kier molecular flexibility index (Phi) is 7.63. The van der Waals surface area contributed by atoms with E-state index in [9.17, 15) is 18.0 Å². The molecule has 0 bridgehead atoms. The summed E-state index contributed by atoms with van der Waals surface area (Å²) < 4.78 is 37.1. The van der Waals surface area contributed by atoms with E-state index in [0.29, 0.717) is 11.3 Å². The predicted molar refractivity (Wildman–Crippen MR) is 72.6 cm³/mol. The first kappa shape index (κ1) is 16.1. The molecule has 0 aliphatic heterocycles. The number of hydrogen-bond acceptors (Lipinski definition) is 2. The summed E-state index contributed by atoms with van der Waals surface area (Å²) in [5.74, 6) is 0.379. The van der Waals surface area contributed by atoms with Gasteiger partial charge in [-0.15, -0.1) is 0 Å².